The summed E-state index contributed by atoms with van der Waals surface area (Å²) < 4.78 is 4.00. The number of fused-ring (bicyclic) bond motifs is 2. The minimum absolute atomic E-state index is 0.118. The van der Waals surface area contributed by atoms with Gasteiger partial charge in [-0.1, -0.05) is 12.1 Å². The van der Waals surface area contributed by atoms with Gasteiger partial charge in [-0.25, -0.2) is 4.98 Å². The standard InChI is InChI=1S/C24H25N7O5S2/c1-3-14-9-29(10-15-6-5-7-30(14)15)8-13-11-37-22-18(21(33)31(22)19(13)23(34)35)27-20(32)17(28-36-4-2)16-12-38-24(25)26-16/h5-7,9-10,12,18,22H,3-4,8,11H2,1-2H3,(H3-,25,26,27,32,34,35)/b28-17-/t18-,22-/m1/s1. The number of hydrogen-bond donors (Lipinski definition) is 2. The molecule has 14 heteroatoms. The van der Waals surface area contributed by atoms with E-state index in [0.29, 0.717) is 11.3 Å². The van der Waals surface area contributed by atoms with Crippen LogP contribution in [-0.4, -0.2) is 61.6 Å². The Hall–Kier alpha value is -3.91. The van der Waals surface area contributed by atoms with Crippen molar-refractivity contribution in [3.05, 3.63) is 58.8 Å². The molecule has 3 aromatic rings. The van der Waals surface area contributed by atoms with Crippen LogP contribution in [0.4, 0.5) is 5.13 Å². The van der Waals surface area contributed by atoms with Crippen LogP contribution < -0.4 is 20.7 Å². The number of β-lactam (4-membered cyclic amide) rings is 1. The number of hydrogen-bond acceptors (Lipinski definition) is 10. The molecule has 3 N–H and O–H groups in total. The molecule has 12 nitrogen and oxygen atoms in total. The van der Waals surface area contributed by atoms with Gasteiger partial charge in [-0.3, -0.25) is 14.5 Å². The molecular weight excluding hydrogens is 530 g/mol. The largest absolute Gasteiger partial charge is 0.543 e. The predicted octanol–water partition coefficient (Wildman–Crippen LogP) is -0.327. The zero-order valence-corrected chi connectivity index (χ0v) is 22.3. The van der Waals surface area contributed by atoms with E-state index < -0.39 is 29.2 Å². The van der Waals surface area contributed by atoms with E-state index in [4.69, 9.17) is 10.6 Å². The maximum Gasteiger partial charge on any atom is 0.276 e. The van der Waals surface area contributed by atoms with Crippen LogP contribution in [0.3, 0.4) is 0 Å². The van der Waals surface area contributed by atoms with Crippen LogP contribution in [0, 0.1) is 0 Å². The fraction of sp³-hybridized carbons (Fsp3) is 0.333. The number of nitrogens with one attached hydrogen (secondary N) is 1. The Balaban J connectivity index is 1.37. The van der Waals surface area contributed by atoms with E-state index >= 15 is 0 Å². The van der Waals surface area contributed by atoms with Gasteiger partial charge in [0.25, 0.3) is 11.8 Å². The van der Waals surface area contributed by atoms with Crippen LogP contribution in [0.25, 0.3) is 5.52 Å². The van der Waals surface area contributed by atoms with Crippen molar-refractivity contribution in [1.82, 2.24) is 19.6 Å². The van der Waals surface area contributed by atoms with E-state index in [2.05, 4.69) is 19.9 Å². The quantitative estimate of drug-likeness (QED) is 0.157. The molecule has 1 saturated heterocycles. The highest BCUT2D eigenvalue weighted by Crippen LogP contribution is 2.40. The van der Waals surface area contributed by atoms with Crippen molar-refractivity contribution in [3.63, 3.8) is 0 Å². The van der Waals surface area contributed by atoms with Gasteiger partial charge in [-0.05, 0) is 25.5 Å². The third kappa shape index (κ3) is 4.60. The Labute approximate surface area is 225 Å². The molecule has 5 heterocycles. The summed E-state index contributed by atoms with van der Waals surface area (Å²) in [5, 5.41) is 19.9. The maximum absolute atomic E-state index is 13.1. The molecule has 2 aliphatic heterocycles. The lowest BCUT2D eigenvalue weighted by Gasteiger charge is -2.50. The number of nitrogens with two attached hydrogens (primary N) is 1. The molecule has 3 aromatic heterocycles. The number of thioether (sulfide) groups is 1. The number of rotatable bonds is 9. The van der Waals surface area contributed by atoms with Crippen LogP contribution >= 0.6 is 23.1 Å². The monoisotopic (exact) mass is 555 g/mol. The van der Waals surface area contributed by atoms with E-state index in [1.165, 1.54) is 16.7 Å². The Morgan fingerprint density at radius 3 is 2.87 bits per heavy atom. The van der Waals surface area contributed by atoms with E-state index in [-0.39, 0.29) is 35.4 Å². The van der Waals surface area contributed by atoms with Gasteiger partial charge in [0.05, 0.1) is 17.4 Å². The first-order valence-corrected chi connectivity index (χ1v) is 13.8. The van der Waals surface area contributed by atoms with Crippen molar-refractivity contribution >= 4 is 57.2 Å². The van der Waals surface area contributed by atoms with E-state index in [9.17, 15) is 19.5 Å². The second-order valence-corrected chi connectivity index (χ2v) is 10.6. The van der Waals surface area contributed by atoms with E-state index in [0.717, 1.165) is 29.0 Å². The first kappa shape index (κ1) is 25.7. The van der Waals surface area contributed by atoms with Crippen LogP contribution in [0.1, 0.15) is 25.2 Å². The molecule has 2 aliphatic rings. The minimum atomic E-state index is -1.43. The number of carboxylic acids is 1. The highest BCUT2D eigenvalue weighted by molar-refractivity contribution is 8.00. The molecule has 2 amide bonds. The highest BCUT2D eigenvalue weighted by Gasteiger charge is 2.53. The Morgan fingerprint density at radius 2 is 2.18 bits per heavy atom. The van der Waals surface area contributed by atoms with Gasteiger partial charge in [0.1, 0.15) is 29.2 Å². The average Bonchev–Trinajstić information content (AvgIpc) is 3.55. The van der Waals surface area contributed by atoms with Crippen molar-refractivity contribution in [2.75, 3.05) is 18.1 Å². The number of carboxylic acid groups (broad SMARTS) is 1. The molecule has 0 aliphatic carbocycles. The summed E-state index contributed by atoms with van der Waals surface area (Å²) in [5.74, 6) is -2.29. The molecule has 0 bridgehead atoms. The number of thiazole rings is 1. The second kappa shape index (κ2) is 10.5. The van der Waals surface area contributed by atoms with Crippen molar-refractivity contribution in [2.24, 2.45) is 5.16 Å². The fourth-order valence-electron chi connectivity index (χ4n) is 4.53. The maximum atomic E-state index is 13.1. The van der Waals surface area contributed by atoms with Gasteiger partial charge in [0.15, 0.2) is 29.8 Å². The average molecular weight is 556 g/mol. The number of carbonyl (C=O) groups is 3. The summed E-state index contributed by atoms with van der Waals surface area (Å²) in [4.78, 5) is 48.7. The van der Waals surface area contributed by atoms with Crippen molar-refractivity contribution < 1.29 is 28.9 Å². The summed E-state index contributed by atoms with van der Waals surface area (Å²) in [5.41, 5.74) is 8.25. The zero-order chi connectivity index (χ0) is 27.0. The number of carbonyl (C=O) groups excluding carboxylic acids is 3. The van der Waals surface area contributed by atoms with Crippen molar-refractivity contribution in [3.8, 4) is 0 Å². The normalized spacial score (nSPS) is 19.4. The number of oxime groups is 1. The highest BCUT2D eigenvalue weighted by atomic mass is 32.2. The minimum Gasteiger partial charge on any atom is -0.543 e. The SMILES string of the molecule is CCO/N=C(\C(=O)N[C@@H]1C(=O)N2C(C(=O)[O-])=C(C[n+]3cc(CC)n4cccc4c3)CS[C@H]12)c1csc(N)n1. The molecule has 2 atom stereocenters. The van der Waals surface area contributed by atoms with Gasteiger partial charge in [-0.2, -0.15) is 4.57 Å². The fourth-order valence-corrected chi connectivity index (χ4v) is 6.41. The molecule has 198 valence electrons. The summed E-state index contributed by atoms with van der Waals surface area (Å²) in [6, 6.07) is 2.99. The van der Waals surface area contributed by atoms with Gasteiger partial charge >= 0.3 is 0 Å². The number of anilines is 1. The summed E-state index contributed by atoms with van der Waals surface area (Å²) in [7, 11) is 0. The summed E-state index contributed by atoms with van der Waals surface area (Å²) in [6.45, 7) is 4.27. The Bertz CT molecular complexity index is 1490. The number of aliphatic carboxylic acids is 1. The van der Waals surface area contributed by atoms with Crippen LogP contribution in [0.15, 0.2) is 52.5 Å². The Kier molecular flexibility index (Phi) is 7.08. The predicted molar refractivity (Wildman–Crippen MR) is 139 cm³/mol. The van der Waals surface area contributed by atoms with Crippen LogP contribution in [0.5, 0.6) is 0 Å². The van der Waals surface area contributed by atoms with Gasteiger partial charge < -0.3 is 30.2 Å². The molecule has 0 radical (unpaired) electrons. The number of aromatic nitrogens is 3. The smallest absolute Gasteiger partial charge is 0.276 e. The topological polar surface area (TPSA) is 158 Å². The first-order chi connectivity index (χ1) is 18.3. The third-order valence-electron chi connectivity index (χ3n) is 6.23. The van der Waals surface area contributed by atoms with Gasteiger partial charge in [0, 0.05) is 22.9 Å². The van der Waals surface area contributed by atoms with E-state index in [1.54, 1.807) is 12.3 Å². The first-order valence-electron chi connectivity index (χ1n) is 11.9. The molecule has 0 saturated carbocycles. The molecular formula is C24H25N7O5S2. The molecule has 0 aromatic carbocycles. The molecule has 0 spiro atoms. The number of nitrogens with zero attached hydrogens (tertiary/aromatic N) is 5. The van der Waals surface area contributed by atoms with E-state index in [1.807, 2.05) is 42.2 Å². The van der Waals surface area contributed by atoms with Gasteiger partial charge in [-0.15, -0.1) is 23.1 Å². The lowest BCUT2D eigenvalue weighted by Crippen LogP contribution is -2.71. The lowest BCUT2D eigenvalue weighted by atomic mass is 10.0. The van der Waals surface area contributed by atoms with Crippen LogP contribution in [-0.2, 0) is 32.2 Å². The third-order valence-corrected chi connectivity index (χ3v) is 8.24. The van der Waals surface area contributed by atoms with Crippen molar-refractivity contribution in [2.45, 2.75) is 38.2 Å². The summed E-state index contributed by atoms with van der Waals surface area (Å²) in [6.07, 6.45) is 6.67. The molecule has 38 heavy (non-hydrogen) atoms. The second-order valence-electron chi connectivity index (χ2n) is 8.61. The number of aryl methyl sites for hydroxylation is 1. The lowest BCUT2D eigenvalue weighted by molar-refractivity contribution is -0.688. The molecule has 0 unspecified atom stereocenters. The zero-order valence-electron chi connectivity index (χ0n) is 20.6. The summed E-state index contributed by atoms with van der Waals surface area (Å²) >= 11 is 2.52. The van der Waals surface area contributed by atoms with Crippen LogP contribution in [0.2, 0.25) is 0 Å². The van der Waals surface area contributed by atoms with Gasteiger partial charge in [0.2, 0.25) is 0 Å². The number of nitrogen functional groups attached to an aromatic ring is 1. The molecule has 5 rings (SSSR count). The van der Waals surface area contributed by atoms with Crippen molar-refractivity contribution in [1.29, 1.82) is 0 Å². The number of amides is 2. The Morgan fingerprint density at radius 1 is 1.37 bits per heavy atom. The molecule has 1 fully saturated rings.